The first-order valence-electron chi connectivity index (χ1n) is 4.45. The molecule has 15 heavy (non-hydrogen) atoms. The maximum absolute atomic E-state index is 11.6. The van der Waals surface area contributed by atoms with Gasteiger partial charge in [0.1, 0.15) is 5.01 Å². The Hall–Kier alpha value is -1.27. The van der Waals surface area contributed by atoms with E-state index in [1.54, 1.807) is 11.4 Å². The molecule has 0 fully saturated rings. The molecule has 0 saturated carbocycles. The third kappa shape index (κ3) is 2.40. The van der Waals surface area contributed by atoms with E-state index in [0.29, 0.717) is 10.7 Å². The van der Waals surface area contributed by atoms with E-state index in [4.69, 9.17) is 0 Å². The van der Waals surface area contributed by atoms with Crippen LogP contribution in [0.5, 0.6) is 0 Å². The Morgan fingerprint density at radius 2 is 2.40 bits per heavy atom. The molecule has 0 radical (unpaired) electrons. The molecule has 6 heteroatoms. The first-order valence-corrected chi connectivity index (χ1v) is 6.21. The molecule has 0 bridgehead atoms. The Kier molecular flexibility index (Phi) is 3.08. The Balaban J connectivity index is 2.06. The highest BCUT2D eigenvalue weighted by Crippen LogP contribution is 2.17. The van der Waals surface area contributed by atoms with Crippen molar-refractivity contribution in [2.45, 2.75) is 13.3 Å². The van der Waals surface area contributed by atoms with Gasteiger partial charge in [0.2, 0.25) is 5.13 Å². The van der Waals surface area contributed by atoms with E-state index in [2.05, 4.69) is 15.5 Å². The zero-order valence-corrected chi connectivity index (χ0v) is 9.69. The summed E-state index contributed by atoms with van der Waals surface area (Å²) in [5.74, 6) is -0.130. The number of aromatic nitrogens is 2. The highest BCUT2D eigenvalue weighted by molar-refractivity contribution is 7.15. The highest BCUT2D eigenvalue weighted by Gasteiger charge is 2.09. The Morgan fingerprint density at radius 1 is 1.53 bits per heavy atom. The lowest BCUT2D eigenvalue weighted by Gasteiger charge is -1.96. The minimum absolute atomic E-state index is 0.130. The molecule has 1 N–H and O–H groups in total. The lowest BCUT2D eigenvalue weighted by molar-refractivity contribution is 0.102. The number of thiophene rings is 1. The Morgan fingerprint density at radius 3 is 3.00 bits per heavy atom. The van der Waals surface area contributed by atoms with Gasteiger partial charge in [-0.05, 0) is 17.9 Å². The molecule has 0 atom stereocenters. The number of carbonyl (C=O) groups excluding carboxylic acids is 1. The van der Waals surface area contributed by atoms with Gasteiger partial charge in [0.25, 0.3) is 5.91 Å². The first kappa shape index (κ1) is 10.3. The molecule has 2 rings (SSSR count). The summed E-state index contributed by atoms with van der Waals surface area (Å²) >= 11 is 2.90. The summed E-state index contributed by atoms with van der Waals surface area (Å²) in [4.78, 5) is 11.6. The summed E-state index contributed by atoms with van der Waals surface area (Å²) in [6, 6.07) is 1.78. The summed E-state index contributed by atoms with van der Waals surface area (Å²) < 4.78 is 0. The third-order valence-corrected chi connectivity index (χ3v) is 3.44. The average molecular weight is 239 g/mol. The highest BCUT2D eigenvalue weighted by atomic mass is 32.1. The van der Waals surface area contributed by atoms with E-state index >= 15 is 0 Å². The molecule has 0 aliphatic heterocycles. The number of amides is 1. The van der Waals surface area contributed by atoms with Gasteiger partial charge in [-0.1, -0.05) is 18.3 Å². The molecule has 2 aromatic rings. The summed E-state index contributed by atoms with van der Waals surface area (Å²) in [6.45, 7) is 2.00. The number of carbonyl (C=O) groups is 1. The predicted octanol–water partition coefficient (Wildman–Crippen LogP) is 2.41. The quantitative estimate of drug-likeness (QED) is 0.895. The van der Waals surface area contributed by atoms with Crippen LogP contribution in [0.2, 0.25) is 0 Å². The fourth-order valence-electron chi connectivity index (χ4n) is 1.01. The minimum atomic E-state index is -0.130. The van der Waals surface area contributed by atoms with Crippen LogP contribution in [0, 0.1) is 0 Å². The van der Waals surface area contributed by atoms with Crippen LogP contribution < -0.4 is 5.32 Å². The number of hydrogen-bond donors (Lipinski definition) is 1. The van der Waals surface area contributed by atoms with Crippen LogP contribution >= 0.6 is 22.7 Å². The normalized spacial score (nSPS) is 10.2. The second-order valence-corrected chi connectivity index (χ2v) is 4.66. The molecular weight excluding hydrogens is 230 g/mol. The molecule has 1 amide bonds. The van der Waals surface area contributed by atoms with E-state index in [1.807, 2.05) is 12.3 Å². The van der Waals surface area contributed by atoms with Crippen molar-refractivity contribution < 1.29 is 4.79 Å². The zero-order valence-electron chi connectivity index (χ0n) is 8.06. The SMILES string of the molecule is CCc1nnc(NC(=O)c2ccsc2)s1. The van der Waals surface area contributed by atoms with E-state index in [9.17, 15) is 4.79 Å². The van der Waals surface area contributed by atoms with Gasteiger partial charge in [0.15, 0.2) is 0 Å². The van der Waals surface area contributed by atoms with Gasteiger partial charge in [-0.25, -0.2) is 0 Å². The molecular formula is C9H9N3OS2. The van der Waals surface area contributed by atoms with Crippen LogP contribution in [0.3, 0.4) is 0 Å². The third-order valence-electron chi connectivity index (χ3n) is 1.77. The Labute approximate surface area is 95.0 Å². The van der Waals surface area contributed by atoms with Crippen LogP contribution in [0.4, 0.5) is 5.13 Å². The molecule has 0 aliphatic rings. The van der Waals surface area contributed by atoms with Crippen molar-refractivity contribution in [3.05, 3.63) is 27.4 Å². The van der Waals surface area contributed by atoms with Crippen molar-refractivity contribution in [3.63, 3.8) is 0 Å². The summed E-state index contributed by atoms with van der Waals surface area (Å²) in [5.41, 5.74) is 0.660. The molecule has 2 heterocycles. The molecule has 0 aromatic carbocycles. The van der Waals surface area contributed by atoms with Crippen molar-refractivity contribution >= 4 is 33.7 Å². The summed E-state index contributed by atoms with van der Waals surface area (Å²) in [5, 5.41) is 15.7. The van der Waals surface area contributed by atoms with Crippen LogP contribution in [0.15, 0.2) is 16.8 Å². The Bertz CT molecular complexity index is 450. The summed E-state index contributed by atoms with van der Waals surface area (Å²) in [6.07, 6.45) is 0.839. The van der Waals surface area contributed by atoms with Crippen molar-refractivity contribution in [1.82, 2.24) is 10.2 Å². The molecule has 78 valence electrons. The maximum Gasteiger partial charge on any atom is 0.258 e. The molecule has 0 saturated heterocycles. The van der Waals surface area contributed by atoms with Gasteiger partial charge in [-0.2, -0.15) is 11.3 Å². The van der Waals surface area contributed by atoms with Gasteiger partial charge in [0, 0.05) is 5.38 Å². The second kappa shape index (κ2) is 4.50. The first-order chi connectivity index (χ1) is 7.29. The van der Waals surface area contributed by atoms with Crippen LogP contribution in [0.1, 0.15) is 22.3 Å². The van der Waals surface area contributed by atoms with E-state index in [0.717, 1.165) is 11.4 Å². The number of aryl methyl sites for hydroxylation is 1. The van der Waals surface area contributed by atoms with Gasteiger partial charge in [-0.3, -0.25) is 10.1 Å². The minimum Gasteiger partial charge on any atom is -0.296 e. The summed E-state index contributed by atoms with van der Waals surface area (Å²) in [7, 11) is 0. The molecule has 0 unspecified atom stereocenters. The van der Waals surface area contributed by atoms with E-state index in [1.165, 1.54) is 22.7 Å². The standard InChI is InChI=1S/C9H9N3OS2/c1-2-7-11-12-9(15-7)10-8(13)6-3-4-14-5-6/h3-5H,2H2,1H3,(H,10,12,13). The van der Waals surface area contributed by atoms with E-state index in [-0.39, 0.29) is 5.91 Å². The molecule has 2 aromatic heterocycles. The number of rotatable bonds is 3. The number of nitrogens with zero attached hydrogens (tertiary/aromatic N) is 2. The van der Waals surface area contributed by atoms with Gasteiger partial charge in [-0.15, -0.1) is 10.2 Å². The number of hydrogen-bond acceptors (Lipinski definition) is 5. The maximum atomic E-state index is 11.6. The smallest absolute Gasteiger partial charge is 0.258 e. The fourth-order valence-corrected chi connectivity index (χ4v) is 2.32. The van der Waals surface area contributed by atoms with Crippen LogP contribution in [0.25, 0.3) is 0 Å². The van der Waals surface area contributed by atoms with Crippen molar-refractivity contribution in [3.8, 4) is 0 Å². The number of anilines is 1. The van der Waals surface area contributed by atoms with Crippen LogP contribution in [-0.4, -0.2) is 16.1 Å². The van der Waals surface area contributed by atoms with Crippen LogP contribution in [-0.2, 0) is 6.42 Å². The average Bonchev–Trinajstić information content (AvgIpc) is 2.87. The largest absolute Gasteiger partial charge is 0.296 e. The van der Waals surface area contributed by atoms with Gasteiger partial charge >= 0.3 is 0 Å². The molecule has 0 spiro atoms. The van der Waals surface area contributed by atoms with Gasteiger partial charge < -0.3 is 0 Å². The second-order valence-electron chi connectivity index (χ2n) is 2.82. The molecule has 4 nitrogen and oxygen atoms in total. The van der Waals surface area contributed by atoms with Crippen molar-refractivity contribution in [2.24, 2.45) is 0 Å². The monoisotopic (exact) mass is 239 g/mol. The lowest BCUT2D eigenvalue weighted by Crippen LogP contribution is -2.10. The number of nitrogens with one attached hydrogen (secondary N) is 1. The fraction of sp³-hybridized carbons (Fsp3) is 0.222. The van der Waals surface area contributed by atoms with Crippen molar-refractivity contribution in [2.75, 3.05) is 5.32 Å². The molecule has 0 aliphatic carbocycles. The van der Waals surface area contributed by atoms with Crippen molar-refractivity contribution in [1.29, 1.82) is 0 Å². The lowest BCUT2D eigenvalue weighted by atomic mass is 10.3. The van der Waals surface area contributed by atoms with Gasteiger partial charge in [0.05, 0.1) is 5.56 Å². The topological polar surface area (TPSA) is 54.9 Å². The predicted molar refractivity (Wildman–Crippen MR) is 61.6 cm³/mol. The zero-order chi connectivity index (χ0) is 10.7. The van der Waals surface area contributed by atoms with E-state index < -0.39 is 0 Å².